The molecule has 0 aromatic heterocycles. The van der Waals surface area contributed by atoms with Crippen molar-refractivity contribution in [2.45, 2.75) is 36.9 Å². The minimum atomic E-state index is -5.08. The number of piperidine rings is 1. The van der Waals surface area contributed by atoms with Crippen LogP contribution in [0, 0.1) is 5.92 Å². The average molecular weight is 479 g/mol. The maximum Gasteiger partial charge on any atom is 0.490 e. The highest BCUT2D eigenvalue weighted by atomic mass is 35.5. The van der Waals surface area contributed by atoms with Crippen LogP contribution in [0.4, 0.5) is 13.2 Å². The van der Waals surface area contributed by atoms with Crippen LogP contribution in [0.15, 0.2) is 23.1 Å². The third-order valence-electron chi connectivity index (χ3n) is 4.40. The SMILES string of the molecule is C[C@@H](NCCS(=O)(=O)c1cc(Cl)ccc1Cl)C1CCNCC1.O=C(O)C(F)(F)F. The van der Waals surface area contributed by atoms with E-state index in [0.29, 0.717) is 23.5 Å². The van der Waals surface area contributed by atoms with Crippen molar-refractivity contribution in [2.24, 2.45) is 5.92 Å². The maximum absolute atomic E-state index is 12.4. The molecule has 1 saturated heterocycles. The highest BCUT2D eigenvalue weighted by Gasteiger charge is 2.38. The standard InChI is InChI=1S/C15H22Cl2N2O2S.C2HF3O2/c1-11(12-4-6-18-7-5-12)19-8-9-22(20,21)15-10-13(16)2-3-14(15)17;3-2(4,5)1(6)7/h2-3,10-12,18-19H,4-9H2,1H3;(H,6,7)/t11-;/m1./s1. The van der Waals surface area contributed by atoms with Gasteiger partial charge < -0.3 is 15.7 Å². The lowest BCUT2D eigenvalue weighted by Crippen LogP contribution is -2.41. The molecule has 2 rings (SSSR count). The molecule has 0 unspecified atom stereocenters. The van der Waals surface area contributed by atoms with Crippen LogP contribution in [0.25, 0.3) is 0 Å². The zero-order valence-electron chi connectivity index (χ0n) is 15.6. The molecule has 6 nitrogen and oxygen atoms in total. The van der Waals surface area contributed by atoms with E-state index in [1.54, 1.807) is 6.07 Å². The monoisotopic (exact) mass is 478 g/mol. The van der Waals surface area contributed by atoms with E-state index in [-0.39, 0.29) is 15.7 Å². The fraction of sp³-hybridized carbons (Fsp3) is 0.588. The quantitative estimate of drug-likeness (QED) is 0.579. The maximum atomic E-state index is 12.4. The minimum absolute atomic E-state index is 0.0162. The van der Waals surface area contributed by atoms with Gasteiger partial charge in [-0.3, -0.25) is 0 Å². The third kappa shape index (κ3) is 9.08. The van der Waals surface area contributed by atoms with Crippen molar-refractivity contribution in [3.8, 4) is 0 Å². The first-order valence-electron chi connectivity index (χ1n) is 8.76. The summed E-state index contributed by atoms with van der Waals surface area (Å²) in [4.78, 5) is 9.01. The molecule has 166 valence electrons. The number of rotatable bonds is 6. The van der Waals surface area contributed by atoms with E-state index in [1.807, 2.05) is 0 Å². The predicted molar refractivity (Wildman–Crippen MR) is 105 cm³/mol. The van der Waals surface area contributed by atoms with Crippen LogP contribution < -0.4 is 10.6 Å². The first kappa shape index (κ1) is 26.0. The summed E-state index contributed by atoms with van der Waals surface area (Å²) in [6.45, 7) is 4.60. The number of carbonyl (C=O) groups is 1. The molecule has 0 bridgehead atoms. The number of hydrogen-bond acceptors (Lipinski definition) is 5. The molecule has 0 amide bonds. The summed E-state index contributed by atoms with van der Waals surface area (Å²) in [5.74, 6) is -2.14. The lowest BCUT2D eigenvalue weighted by molar-refractivity contribution is -0.192. The molecular weight excluding hydrogens is 456 g/mol. The smallest absolute Gasteiger partial charge is 0.475 e. The largest absolute Gasteiger partial charge is 0.490 e. The van der Waals surface area contributed by atoms with Crippen molar-refractivity contribution in [3.05, 3.63) is 28.2 Å². The van der Waals surface area contributed by atoms with Gasteiger partial charge >= 0.3 is 12.1 Å². The summed E-state index contributed by atoms with van der Waals surface area (Å²) in [5, 5.41) is 14.4. The Labute approximate surface area is 177 Å². The molecule has 1 aromatic carbocycles. The summed E-state index contributed by atoms with van der Waals surface area (Å²) >= 11 is 11.8. The van der Waals surface area contributed by atoms with E-state index in [0.717, 1.165) is 25.9 Å². The van der Waals surface area contributed by atoms with Gasteiger partial charge in [-0.15, -0.1) is 0 Å². The number of carboxylic acid groups (broad SMARTS) is 1. The van der Waals surface area contributed by atoms with Crippen molar-refractivity contribution in [1.29, 1.82) is 0 Å². The Morgan fingerprint density at radius 1 is 1.31 bits per heavy atom. The van der Waals surface area contributed by atoms with Gasteiger partial charge in [0.15, 0.2) is 9.84 Å². The molecular formula is C17H23Cl2F3N2O4S. The number of nitrogens with one attached hydrogen (secondary N) is 2. The number of aliphatic carboxylic acids is 1. The number of benzene rings is 1. The zero-order chi connectivity index (χ0) is 22.2. The van der Waals surface area contributed by atoms with Gasteiger partial charge in [-0.2, -0.15) is 13.2 Å². The van der Waals surface area contributed by atoms with Crippen LogP contribution in [0.5, 0.6) is 0 Å². The van der Waals surface area contributed by atoms with Gasteiger partial charge in [0.2, 0.25) is 0 Å². The minimum Gasteiger partial charge on any atom is -0.475 e. The first-order valence-corrected chi connectivity index (χ1v) is 11.2. The molecule has 3 N–H and O–H groups in total. The van der Waals surface area contributed by atoms with Crippen LogP contribution in [0.1, 0.15) is 19.8 Å². The van der Waals surface area contributed by atoms with Gasteiger partial charge in [0.05, 0.1) is 15.7 Å². The summed E-state index contributed by atoms with van der Waals surface area (Å²) in [5.41, 5.74) is 0. The molecule has 1 heterocycles. The van der Waals surface area contributed by atoms with Crippen LogP contribution in [-0.2, 0) is 14.6 Å². The number of hydrogen-bond donors (Lipinski definition) is 3. The number of halogens is 5. The lowest BCUT2D eigenvalue weighted by atomic mass is 9.91. The molecule has 12 heteroatoms. The first-order chi connectivity index (χ1) is 13.3. The summed E-state index contributed by atoms with van der Waals surface area (Å²) in [6.07, 6.45) is -2.83. The molecule has 0 aliphatic carbocycles. The molecule has 0 spiro atoms. The van der Waals surface area contributed by atoms with Crippen molar-refractivity contribution in [1.82, 2.24) is 10.6 Å². The van der Waals surface area contributed by atoms with E-state index in [2.05, 4.69) is 17.6 Å². The molecule has 1 aliphatic rings. The van der Waals surface area contributed by atoms with Crippen LogP contribution in [-0.4, -0.2) is 57.1 Å². The Morgan fingerprint density at radius 3 is 2.38 bits per heavy atom. The van der Waals surface area contributed by atoms with Crippen molar-refractivity contribution in [2.75, 3.05) is 25.4 Å². The van der Waals surface area contributed by atoms with Crippen LogP contribution >= 0.6 is 23.2 Å². The van der Waals surface area contributed by atoms with Crippen LogP contribution in [0.2, 0.25) is 10.0 Å². The second-order valence-electron chi connectivity index (χ2n) is 6.53. The van der Waals surface area contributed by atoms with Gasteiger partial charge in [0.25, 0.3) is 0 Å². The highest BCUT2D eigenvalue weighted by Crippen LogP contribution is 2.26. The number of alkyl halides is 3. The van der Waals surface area contributed by atoms with Gasteiger partial charge in [-0.05, 0) is 57.0 Å². The molecule has 1 aliphatic heterocycles. The Morgan fingerprint density at radius 2 is 1.86 bits per heavy atom. The van der Waals surface area contributed by atoms with Gasteiger partial charge in [-0.25, -0.2) is 13.2 Å². The summed E-state index contributed by atoms with van der Waals surface area (Å²) in [6, 6.07) is 4.82. The summed E-state index contributed by atoms with van der Waals surface area (Å²) < 4.78 is 56.5. The molecule has 29 heavy (non-hydrogen) atoms. The normalized spacial score (nSPS) is 16.6. The molecule has 1 fully saturated rings. The Balaban J connectivity index is 0.000000516. The highest BCUT2D eigenvalue weighted by molar-refractivity contribution is 7.91. The number of carboxylic acids is 1. The molecule has 0 saturated carbocycles. The molecule has 0 radical (unpaired) electrons. The second kappa shape index (κ2) is 11.4. The van der Waals surface area contributed by atoms with E-state index < -0.39 is 22.0 Å². The fourth-order valence-electron chi connectivity index (χ4n) is 2.76. The Hall–Kier alpha value is -1.07. The number of sulfone groups is 1. The van der Waals surface area contributed by atoms with Gasteiger partial charge in [0, 0.05) is 17.6 Å². The fourth-order valence-corrected chi connectivity index (χ4v) is 4.74. The predicted octanol–water partition coefficient (Wildman–Crippen LogP) is 3.38. The second-order valence-corrected chi connectivity index (χ2v) is 9.45. The van der Waals surface area contributed by atoms with E-state index >= 15 is 0 Å². The average Bonchev–Trinajstić information content (AvgIpc) is 2.64. The van der Waals surface area contributed by atoms with E-state index in [9.17, 15) is 21.6 Å². The molecule has 1 atom stereocenters. The van der Waals surface area contributed by atoms with Gasteiger partial charge in [-0.1, -0.05) is 23.2 Å². The van der Waals surface area contributed by atoms with Crippen molar-refractivity contribution in [3.63, 3.8) is 0 Å². The third-order valence-corrected chi connectivity index (χ3v) is 6.83. The topological polar surface area (TPSA) is 95.5 Å². The lowest BCUT2D eigenvalue weighted by Gasteiger charge is -2.29. The Kier molecular flexibility index (Phi) is 10.2. The van der Waals surface area contributed by atoms with Crippen LogP contribution in [0.3, 0.4) is 0 Å². The van der Waals surface area contributed by atoms with E-state index in [1.165, 1.54) is 12.1 Å². The summed E-state index contributed by atoms with van der Waals surface area (Å²) in [7, 11) is -3.43. The van der Waals surface area contributed by atoms with Crippen molar-refractivity contribution >= 4 is 39.0 Å². The molecule has 1 aromatic rings. The van der Waals surface area contributed by atoms with E-state index in [4.69, 9.17) is 33.1 Å². The van der Waals surface area contributed by atoms with Crippen molar-refractivity contribution < 1.29 is 31.5 Å². The van der Waals surface area contributed by atoms with Gasteiger partial charge in [0.1, 0.15) is 0 Å². The zero-order valence-corrected chi connectivity index (χ0v) is 17.9. The Bertz CT molecular complexity index is 785.